The van der Waals surface area contributed by atoms with E-state index in [-0.39, 0.29) is 0 Å². The van der Waals surface area contributed by atoms with Crippen molar-refractivity contribution in [1.82, 2.24) is 19.7 Å². The molecule has 4 nitrogen and oxygen atoms in total. The second-order valence-electron chi connectivity index (χ2n) is 6.65. The van der Waals surface area contributed by atoms with Gasteiger partial charge in [0.2, 0.25) is 0 Å². The van der Waals surface area contributed by atoms with Crippen LogP contribution in [0.3, 0.4) is 0 Å². The van der Waals surface area contributed by atoms with Crippen LogP contribution in [0.2, 0.25) is 0 Å². The Hall–Kier alpha value is -0.900. The quantitative estimate of drug-likeness (QED) is 0.821. The molecule has 3 rings (SSSR count). The lowest BCUT2D eigenvalue weighted by Crippen LogP contribution is -2.40. The minimum atomic E-state index is 0.589. The number of likely N-dealkylation sites (tertiary alicyclic amines) is 1. The molecule has 2 unspecified atom stereocenters. The van der Waals surface area contributed by atoms with Crippen LogP contribution in [0.1, 0.15) is 57.6 Å². The van der Waals surface area contributed by atoms with Crippen molar-refractivity contribution >= 4 is 0 Å². The Morgan fingerprint density at radius 1 is 1.16 bits per heavy atom. The summed E-state index contributed by atoms with van der Waals surface area (Å²) in [6, 6.07) is 0.645. The topological polar surface area (TPSA) is 34.0 Å². The van der Waals surface area contributed by atoms with Crippen LogP contribution in [0.15, 0.2) is 0 Å². The third kappa shape index (κ3) is 2.55. The third-order valence-electron chi connectivity index (χ3n) is 4.78. The van der Waals surface area contributed by atoms with Gasteiger partial charge in [0.05, 0.1) is 0 Å². The molecule has 0 aliphatic carbocycles. The Bertz CT molecular complexity index is 437. The van der Waals surface area contributed by atoms with E-state index in [1.807, 2.05) is 0 Å². The second kappa shape index (κ2) is 5.23. The molecule has 2 aliphatic rings. The van der Waals surface area contributed by atoms with Gasteiger partial charge in [-0.1, -0.05) is 6.92 Å². The van der Waals surface area contributed by atoms with Crippen LogP contribution in [0.25, 0.3) is 0 Å². The maximum atomic E-state index is 4.54. The molecular formula is C15H26N4. The minimum absolute atomic E-state index is 0.589. The molecule has 1 aromatic heterocycles. The maximum Gasteiger partial charge on any atom is 0.137 e. The molecule has 0 saturated carbocycles. The van der Waals surface area contributed by atoms with Crippen molar-refractivity contribution in [3.05, 3.63) is 11.6 Å². The average Bonchev–Trinajstić information content (AvgIpc) is 2.81. The molecule has 1 aromatic rings. The molecule has 1 fully saturated rings. The first kappa shape index (κ1) is 13.1. The number of hydrogen-bond acceptors (Lipinski definition) is 3. The zero-order valence-electron chi connectivity index (χ0n) is 12.5. The van der Waals surface area contributed by atoms with E-state index in [4.69, 9.17) is 0 Å². The van der Waals surface area contributed by atoms with Gasteiger partial charge in [-0.3, -0.25) is 0 Å². The van der Waals surface area contributed by atoms with Gasteiger partial charge >= 0.3 is 0 Å². The summed E-state index contributed by atoms with van der Waals surface area (Å²) in [6.45, 7) is 10.4. The molecule has 4 heteroatoms. The van der Waals surface area contributed by atoms with Crippen LogP contribution in [0, 0.1) is 5.92 Å². The lowest BCUT2D eigenvalue weighted by Gasteiger charge is -2.35. The summed E-state index contributed by atoms with van der Waals surface area (Å²) in [7, 11) is 0. The highest BCUT2D eigenvalue weighted by molar-refractivity contribution is 5.07. The molecule has 19 heavy (non-hydrogen) atoms. The summed E-state index contributed by atoms with van der Waals surface area (Å²) in [5, 5.41) is 8.98. The molecule has 0 bridgehead atoms. The molecule has 3 heterocycles. The molecule has 1 saturated heterocycles. The molecular weight excluding hydrogens is 236 g/mol. The number of aromatic nitrogens is 3. The Kier molecular flexibility index (Phi) is 3.61. The summed E-state index contributed by atoms with van der Waals surface area (Å²) < 4.78 is 2.41. The van der Waals surface area contributed by atoms with Crippen molar-refractivity contribution < 1.29 is 0 Å². The highest BCUT2D eigenvalue weighted by Gasteiger charge is 2.29. The summed E-state index contributed by atoms with van der Waals surface area (Å²) in [5.41, 5.74) is 0. The number of fused-ring (bicyclic) bond motifs is 1. The summed E-state index contributed by atoms with van der Waals surface area (Å²) in [4.78, 5) is 2.58. The standard InChI is InChI=1S/C15H26N4/c1-11(2)18-7-4-5-13(10-18)15-17-16-14-9-12(3)6-8-19(14)15/h11-13H,4-10H2,1-3H3. The van der Waals surface area contributed by atoms with E-state index in [1.54, 1.807) is 0 Å². The van der Waals surface area contributed by atoms with Gasteiger partial charge in [0.25, 0.3) is 0 Å². The zero-order chi connectivity index (χ0) is 13.4. The van der Waals surface area contributed by atoms with E-state index < -0.39 is 0 Å². The molecule has 106 valence electrons. The van der Waals surface area contributed by atoms with Gasteiger partial charge in [-0.15, -0.1) is 10.2 Å². The fourth-order valence-corrected chi connectivity index (χ4v) is 3.50. The Labute approximate surface area is 116 Å². The molecule has 0 N–H and O–H groups in total. The van der Waals surface area contributed by atoms with Gasteiger partial charge in [0.1, 0.15) is 11.6 Å². The fraction of sp³-hybridized carbons (Fsp3) is 0.867. The van der Waals surface area contributed by atoms with Gasteiger partial charge in [-0.05, 0) is 45.6 Å². The summed E-state index contributed by atoms with van der Waals surface area (Å²) in [5.74, 6) is 3.83. The molecule has 0 aromatic carbocycles. The van der Waals surface area contributed by atoms with Crippen molar-refractivity contribution in [2.24, 2.45) is 5.92 Å². The Balaban J connectivity index is 1.79. The van der Waals surface area contributed by atoms with Crippen LogP contribution in [0.5, 0.6) is 0 Å². The smallest absolute Gasteiger partial charge is 0.137 e. The predicted molar refractivity (Wildman–Crippen MR) is 76.2 cm³/mol. The van der Waals surface area contributed by atoms with Crippen LogP contribution in [0.4, 0.5) is 0 Å². The first-order valence-corrected chi connectivity index (χ1v) is 7.81. The number of hydrogen-bond donors (Lipinski definition) is 0. The van der Waals surface area contributed by atoms with Crippen molar-refractivity contribution in [2.75, 3.05) is 13.1 Å². The zero-order valence-corrected chi connectivity index (χ0v) is 12.5. The minimum Gasteiger partial charge on any atom is -0.315 e. The Morgan fingerprint density at radius 3 is 2.79 bits per heavy atom. The van der Waals surface area contributed by atoms with E-state index in [2.05, 4.69) is 40.4 Å². The van der Waals surface area contributed by atoms with Gasteiger partial charge in [0.15, 0.2) is 0 Å². The number of rotatable bonds is 2. The first-order chi connectivity index (χ1) is 9.15. The molecule has 2 aliphatic heterocycles. The fourth-order valence-electron chi connectivity index (χ4n) is 3.50. The van der Waals surface area contributed by atoms with E-state index in [1.165, 1.54) is 37.5 Å². The lowest BCUT2D eigenvalue weighted by atomic mass is 9.95. The normalized spacial score (nSPS) is 28.6. The average molecular weight is 262 g/mol. The van der Waals surface area contributed by atoms with E-state index >= 15 is 0 Å². The highest BCUT2D eigenvalue weighted by atomic mass is 15.3. The van der Waals surface area contributed by atoms with E-state index in [0.717, 1.165) is 25.4 Å². The van der Waals surface area contributed by atoms with Gasteiger partial charge in [0, 0.05) is 31.5 Å². The van der Waals surface area contributed by atoms with Crippen molar-refractivity contribution in [3.8, 4) is 0 Å². The van der Waals surface area contributed by atoms with Crippen LogP contribution in [-0.2, 0) is 13.0 Å². The van der Waals surface area contributed by atoms with E-state index in [0.29, 0.717) is 12.0 Å². The van der Waals surface area contributed by atoms with Crippen molar-refractivity contribution in [2.45, 2.75) is 65.0 Å². The predicted octanol–water partition coefficient (Wildman–Crippen LogP) is 2.45. The van der Waals surface area contributed by atoms with Crippen molar-refractivity contribution in [3.63, 3.8) is 0 Å². The largest absolute Gasteiger partial charge is 0.315 e. The highest BCUT2D eigenvalue weighted by Crippen LogP contribution is 2.29. The van der Waals surface area contributed by atoms with Crippen molar-refractivity contribution in [1.29, 1.82) is 0 Å². The van der Waals surface area contributed by atoms with Gasteiger partial charge in [-0.25, -0.2) is 0 Å². The maximum absolute atomic E-state index is 4.54. The summed E-state index contributed by atoms with van der Waals surface area (Å²) >= 11 is 0. The number of nitrogens with zero attached hydrogens (tertiary/aromatic N) is 4. The monoisotopic (exact) mass is 262 g/mol. The molecule has 0 amide bonds. The van der Waals surface area contributed by atoms with Crippen LogP contribution < -0.4 is 0 Å². The SMILES string of the molecule is CC1CCn2c(nnc2C2CCCN(C(C)C)C2)C1. The molecule has 0 spiro atoms. The lowest BCUT2D eigenvalue weighted by molar-refractivity contribution is 0.162. The summed E-state index contributed by atoms with van der Waals surface area (Å²) in [6.07, 6.45) is 4.95. The van der Waals surface area contributed by atoms with Crippen LogP contribution >= 0.6 is 0 Å². The third-order valence-corrected chi connectivity index (χ3v) is 4.78. The van der Waals surface area contributed by atoms with Crippen LogP contribution in [-0.4, -0.2) is 38.8 Å². The van der Waals surface area contributed by atoms with E-state index in [9.17, 15) is 0 Å². The molecule has 0 radical (unpaired) electrons. The Morgan fingerprint density at radius 2 is 2.00 bits per heavy atom. The first-order valence-electron chi connectivity index (χ1n) is 7.81. The molecule has 2 atom stereocenters. The van der Waals surface area contributed by atoms with Gasteiger partial charge in [-0.2, -0.15) is 0 Å². The van der Waals surface area contributed by atoms with Gasteiger partial charge < -0.3 is 9.47 Å². The second-order valence-corrected chi connectivity index (χ2v) is 6.65. The number of piperidine rings is 1.